The number of allylic oxidation sites excluding steroid dienone is 10. The lowest BCUT2D eigenvalue weighted by molar-refractivity contribution is -0.167. The molecule has 6 nitrogen and oxygen atoms in total. The molecular weight excluding hydrogens is 877 g/mol. The monoisotopic (exact) mass is 993 g/mol. The van der Waals surface area contributed by atoms with Gasteiger partial charge >= 0.3 is 17.9 Å². The Morgan fingerprint density at radius 3 is 0.873 bits per heavy atom. The number of ether oxygens (including phenoxy) is 3. The van der Waals surface area contributed by atoms with Gasteiger partial charge in [-0.05, 0) is 83.5 Å². The highest BCUT2D eigenvalue weighted by molar-refractivity contribution is 5.71. The van der Waals surface area contributed by atoms with E-state index in [0.717, 1.165) is 89.9 Å². The lowest BCUT2D eigenvalue weighted by Crippen LogP contribution is -2.30. The second kappa shape index (κ2) is 59.7. The quantitative estimate of drug-likeness (QED) is 0.0261. The van der Waals surface area contributed by atoms with Crippen LogP contribution in [-0.2, 0) is 28.6 Å². The Morgan fingerprint density at radius 2 is 0.549 bits per heavy atom. The summed E-state index contributed by atoms with van der Waals surface area (Å²) in [6.45, 7) is 6.55. The van der Waals surface area contributed by atoms with Crippen molar-refractivity contribution in [2.75, 3.05) is 13.2 Å². The van der Waals surface area contributed by atoms with Gasteiger partial charge in [0.25, 0.3) is 0 Å². The molecule has 0 spiro atoms. The Hall–Kier alpha value is -2.89. The second-order valence-corrected chi connectivity index (χ2v) is 20.6. The number of hydrogen-bond acceptors (Lipinski definition) is 6. The van der Waals surface area contributed by atoms with Crippen LogP contribution in [0.2, 0.25) is 0 Å². The zero-order valence-corrected chi connectivity index (χ0v) is 47.2. The van der Waals surface area contributed by atoms with Gasteiger partial charge in [-0.25, -0.2) is 0 Å². The van der Waals surface area contributed by atoms with Crippen LogP contribution in [0.5, 0.6) is 0 Å². The van der Waals surface area contributed by atoms with E-state index >= 15 is 0 Å². The molecule has 0 aromatic carbocycles. The van der Waals surface area contributed by atoms with E-state index in [1.165, 1.54) is 186 Å². The van der Waals surface area contributed by atoms with Gasteiger partial charge in [-0.1, -0.05) is 274 Å². The maximum atomic E-state index is 12.9. The Kier molecular flexibility index (Phi) is 57.2. The largest absolute Gasteiger partial charge is 0.462 e. The predicted octanol–water partition coefficient (Wildman–Crippen LogP) is 20.8. The summed E-state index contributed by atoms with van der Waals surface area (Å²) in [5, 5.41) is 0. The molecule has 6 heteroatoms. The first-order chi connectivity index (χ1) is 35.0. The van der Waals surface area contributed by atoms with Crippen molar-refractivity contribution in [1.82, 2.24) is 0 Å². The Balaban J connectivity index is 4.38. The summed E-state index contributed by atoms with van der Waals surface area (Å²) in [7, 11) is 0. The molecule has 0 aliphatic heterocycles. The van der Waals surface area contributed by atoms with Crippen LogP contribution in [0, 0.1) is 0 Å². The summed E-state index contributed by atoms with van der Waals surface area (Å²) >= 11 is 0. The van der Waals surface area contributed by atoms with Crippen molar-refractivity contribution in [3.63, 3.8) is 0 Å². The van der Waals surface area contributed by atoms with Gasteiger partial charge < -0.3 is 14.2 Å². The molecule has 1 unspecified atom stereocenters. The topological polar surface area (TPSA) is 78.9 Å². The summed E-state index contributed by atoms with van der Waals surface area (Å²) in [5.74, 6) is -0.879. The average Bonchev–Trinajstić information content (AvgIpc) is 3.37. The SMILES string of the molecule is CC/C=C\C/C=C\C/C=C\C/C=C\CCCCCCCCC(=O)OCC(COC(=O)CCCCCCCCCCCCCCCCCCC)OC(=O)CCCCCCCCC/C=C\CCCCCCCC. The van der Waals surface area contributed by atoms with Crippen molar-refractivity contribution in [3.05, 3.63) is 60.8 Å². The number of esters is 3. The van der Waals surface area contributed by atoms with Crippen LogP contribution in [0.25, 0.3) is 0 Å². The minimum absolute atomic E-state index is 0.0774. The van der Waals surface area contributed by atoms with Crippen LogP contribution in [0.15, 0.2) is 60.8 Å². The first-order valence-corrected chi connectivity index (χ1v) is 30.8. The average molecular weight is 994 g/mol. The van der Waals surface area contributed by atoms with Crippen molar-refractivity contribution in [2.24, 2.45) is 0 Å². The van der Waals surface area contributed by atoms with Gasteiger partial charge in [-0.3, -0.25) is 14.4 Å². The number of rotatable bonds is 56. The van der Waals surface area contributed by atoms with E-state index < -0.39 is 6.10 Å². The van der Waals surface area contributed by atoms with Crippen molar-refractivity contribution >= 4 is 17.9 Å². The molecule has 0 amide bonds. The third-order valence-electron chi connectivity index (χ3n) is 13.5. The van der Waals surface area contributed by atoms with Crippen molar-refractivity contribution in [1.29, 1.82) is 0 Å². The van der Waals surface area contributed by atoms with E-state index in [4.69, 9.17) is 14.2 Å². The van der Waals surface area contributed by atoms with Gasteiger partial charge in [-0.2, -0.15) is 0 Å². The highest BCUT2D eigenvalue weighted by Gasteiger charge is 2.19. The van der Waals surface area contributed by atoms with Crippen LogP contribution in [0.3, 0.4) is 0 Å². The fraction of sp³-hybridized carbons (Fsp3) is 0.800. The maximum Gasteiger partial charge on any atom is 0.306 e. The van der Waals surface area contributed by atoms with Gasteiger partial charge in [0.2, 0.25) is 0 Å². The molecule has 0 heterocycles. The van der Waals surface area contributed by atoms with Crippen LogP contribution < -0.4 is 0 Å². The second-order valence-electron chi connectivity index (χ2n) is 20.6. The number of unbranched alkanes of at least 4 members (excludes halogenated alkanes) is 35. The number of carbonyl (C=O) groups is 3. The minimum Gasteiger partial charge on any atom is -0.462 e. The summed E-state index contributed by atoms with van der Waals surface area (Å²) in [6, 6.07) is 0. The molecule has 0 aromatic heterocycles. The molecule has 0 radical (unpaired) electrons. The van der Waals surface area contributed by atoms with E-state index in [-0.39, 0.29) is 31.1 Å². The first-order valence-electron chi connectivity index (χ1n) is 30.8. The molecule has 71 heavy (non-hydrogen) atoms. The highest BCUT2D eigenvalue weighted by atomic mass is 16.6. The standard InChI is InChI=1S/C65H116O6/c1-4-7-10-13-16-19-22-25-28-31-32-35-37-40-43-46-49-52-55-58-64(67)70-61-62(71-65(68)59-56-53-50-47-44-41-38-34-30-27-24-21-18-15-12-9-6-3)60-69-63(66)57-54-51-48-45-42-39-36-33-29-26-23-20-17-14-11-8-5-2/h7,10,16,19,25,27-28,30,32,35,62H,4-6,8-9,11-15,17-18,20-24,26,29,31,33-34,36-61H2,1-3H3/b10-7-,19-16-,28-25-,30-27-,35-32-. The summed E-state index contributed by atoms with van der Waals surface area (Å²) < 4.78 is 16.9. The van der Waals surface area contributed by atoms with E-state index in [0.29, 0.717) is 19.3 Å². The van der Waals surface area contributed by atoms with Gasteiger partial charge in [0.15, 0.2) is 6.10 Å². The third kappa shape index (κ3) is 57.9. The Morgan fingerprint density at radius 1 is 0.296 bits per heavy atom. The molecule has 0 aliphatic rings. The van der Waals surface area contributed by atoms with E-state index in [9.17, 15) is 14.4 Å². The zero-order valence-electron chi connectivity index (χ0n) is 47.2. The van der Waals surface area contributed by atoms with Crippen LogP contribution in [0.1, 0.15) is 316 Å². The predicted molar refractivity (Wildman–Crippen MR) is 307 cm³/mol. The summed E-state index contributed by atoms with van der Waals surface area (Å²) in [5.41, 5.74) is 0. The molecule has 1 atom stereocenters. The number of carbonyl (C=O) groups excluding carboxylic acids is 3. The molecule has 0 bridgehead atoms. The van der Waals surface area contributed by atoms with Crippen molar-refractivity contribution in [2.45, 2.75) is 322 Å². The van der Waals surface area contributed by atoms with Gasteiger partial charge in [0.1, 0.15) is 13.2 Å². The Bertz CT molecular complexity index is 1280. The third-order valence-corrected chi connectivity index (χ3v) is 13.5. The molecule has 0 fully saturated rings. The van der Waals surface area contributed by atoms with Crippen molar-refractivity contribution < 1.29 is 28.6 Å². The Labute approximate surface area is 440 Å². The van der Waals surface area contributed by atoms with E-state index in [1.54, 1.807) is 0 Å². The van der Waals surface area contributed by atoms with Gasteiger partial charge in [-0.15, -0.1) is 0 Å². The molecule has 0 aromatic rings. The van der Waals surface area contributed by atoms with Crippen LogP contribution in [0.4, 0.5) is 0 Å². The molecule has 0 aliphatic carbocycles. The molecule has 0 rings (SSSR count). The van der Waals surface area contributed by atoms with Gasteiger partial charge in [0, 0.05) is 19.3 Å². The minimum atomic E-state index is -0.781. The molecule has 412 valence electrons. The summed E-state index contributed by atoms with van der Waals surface area (Å²) in [6.07, 6.45) is 75.0. The molecule has 0 N–H and O–H groups in total. The van der Waals surface area contributed by atoms with Crippen LogP contribution in [-0.4, -0.2) is 37.2 Å². The van der Waals surface area contributed by atoms with Crippen molar-refractivity contribution in [3.8, 4) is 0 Å². The molecule has 0 saturated heterocycles. The van der Waals surface area contributed by atoms with E-state index in [1.807, 2.05) is 0 Å². The van der Waals surface area contributed by atoms with E-state index in [2.05, 4.69) is 81.5 Å². The molecule has 0 saturated carbocycles. The fourth-order valence-corrected chi connectivity index (χ4v) is 8.90. The lowest BCUT2D eigenvalue weighted by Gasteiger charge is -2.18. The summed E-state index contributed by atoms with van der Waals surface area (Å²) in [4.78, 5) is 38.3. The lowest BCUT2D eigenvalue weighted by atomic mass is 10.0. The zero-order chi connectivity index (χ0) is 51.4. The fourth-order valence-electron chi connectivity index (χ4n) is 8.90. The number of hydrogen-bond donors (Lipinski definition) is 0. The van der Waals surface area contributed by atoms with Gasteiger partial charge in [0.05, 0.1) is 0 Å². The normalized spacial score (nSPS) is 12.4. The van der Waals surface area contributed by atoms with Crippen LogP contribution >= 0.6 is 0 Å². The highest BCUT2D eigenvalue weighted by Crippen LogP contribution is 2.17. The maximum absolute atomic E-state index is 12.9. The first kappa shape index (κ1) is 68.1. The smallest absolute Gasteiger partial charge is 0.306 e. The molecular formula is C65H116O6.